The Bertz CT molecular complexity index is 480. The second-order valence-electron chi connectivity index (χ2n) is 4.13. The van der Waals surface area contributed by atoms with E-state index in [2.05, 4.69) is 10.6 Å². The first kappa shape index (κ1) is 16.3. The Labute approximate surface area is 122 Å². The molecule has 0 aliphatic heterocycles. The van der Waals surface area contributed by atoms with E-state index in [0.29, 0.717) is 18.8 Å². The lowest BCUT2D eigenvalue weighted by atomic mass is 10.2. The van der Waals surface area contributed by atoms with Crippen molar-refractivity contribution in [1.29, 1.82) is 0 Å². The van der Waals surface area contributed by atoms with Crippen molar-refractivity contribution >= 4 is 29.4 Å². The maximum atomic E-state index is 11.6. The van der Waals surface area contributed by atoms with E-state index in [9.17, 15) is 9.59 Å². The van der Waals surface area contributed by atoms with Crippen LogP contribution in [-0.2, 0) is 9.53 Å². The molecule has 20 heavy (non-hydrogen) atoms. The molecule has 0 bridgehead atoms. The van der Waals surface area contributed by atoms with Crippen LogP contribution in [0.4, 0.5) is 10.5 Å². The molecule has 0 aromatic heterocycles. The zero-order valence-electron chi connectivity index (χ0n) is 11.6. The van der Waals surface area contributed by atoms with E-state index in [0.717, 1.165) is 10.5 Å². The first-order chi connectivity index (χ1) is 9.52. The number of nitrogen functional groups attached to an aromatic ring is 1. The molecule has 0 aliphatic carbocycles. The number of urea groups is 1. The molecule has 4 N–H and O–H groups in total. The molecule has 0 unspecified atom stereocenters. The van der Waals surface area contributed by atoms with Crippen LogP contribution < -0.4 is 16.4 Å². The molecule has 1 aromatic carbocycles. The van der Waals surface area contributed by atoms with Crippen LogP contribution in [0.1, 0.15) is 5.56 Å². The predicted octanol–water partition coefficient (Wildman–Crippen LogP) is 1.14. The highest BCUT2D eigenvalue weighted by Crippen LogP contribution is 2.25. The van der Waals surface area contributed by atoms with Crippen molar-refractivity contribution in [1.82, 2.24) is 10.6 Å². The fourth-order valence-corrected chi connectivity index (χ4v) is 2.16. The van der Waals surface area contributed by atoms with Gasteiger partial charge in [0.2, 0.25) is 5.91 Å². The molecule has 0 fully saturated rings. The van der Waals surface area contributed by atoms with Crippen LogP contribution in [-0.4, -0.2) is 38.0 Å². The standard InChI is InChI=1S/C13H19N3O3S/c1-9-3-4-11(10(14)7-9)20-8-12(17)16-13(18)15-5-6-19-2/h3-4,7H,5-6,8,14H2,1-2H3,(H2,15,16,17,18). The Hall–Kier alpha value is -1.73. The minimum atomic E-state index is -0.524. The molecular weight excluding hydrogens is 278 g/mol. The Balaban J connectivity index is 2.34. The minimum Gasteiger partial charge on any atom is -0.398 e. The number of benzene rings is 1. The molecule has 0 aliphatic rings. The SMILES string of the molecule is COCCNC(=O)NC(=O)CSc1ccc(C)cc1N. The number of imide groups is 1. The summed E-state index contributed by atoms with van der Waals surface area (Å²) in [5.74, 6) is -0.241. The molecule has 0 radical (unpaired) electrons. The van der Waals surface area contributed by atoms with E-state index in [1.807, 2.05) is 25.1 Å². The van der Waals surface area contributed by atoms with Crippen molar-refractivity contribution in [3.63, 3.8) is 0 Å². The van der Waals surface area contributed by atoms with Gasteiger partial charge in [-0.1, -0.05) is 6.07 Å². The zero-order chi connectivity index (χ0) is 15.0. The van der Waals surface area contributed by atoms with Gasteiger partial charge in [-0.15, -0.1) is 11.8 Å². The lowest BCUT2D eigenvalue weighted by molar-refractivity contribution is -0.117. The van der Waals surface area contributed by atoms with E-state index in [1.54, 1.807) is 0 Å². The van der Waals surface area contributed by atoms with Crippen LogP contribution in [0, 0.1) is 6.92 Å². The van der Waals surface area contributed by atoms with Gasteiger partial charge in [0.1, 0.15) is 0 Å². The van der Waals surface area contributed by atoms with Gasteiger partial charge in [-0.3, -0.25) is 10.1 Å². The highest BCUT2D eigenvalue weighted by atomic mass is 32.2. The molecule has 1 aromatic rings. The number of thioether (sulfide) groups is 1. The molecule has 0 saturated carbocycles. The van der Waals surface area contributed by atoms with Crippen molar-refractivity contribution in [2.75, 3.05) is 31.7 Å². The minimum absolute atomic E-state index is 0.130. The Morgan fingerprint density at radius 2 is 2.15 bits per heavy atom. The molecule has 110 valence electrons. The summed E-state index contributed by atoms with van der Waals surface area (Å²) in [7, 11) is 1.54. The first-order valence-electron chi connectivity index (χ1n) is 6.08. The molecular formula is C13H19N3O3S. The quantitative estimate of drug-likeness (QED) is 0.416. The van der Waals surface area contributed by atoms with Gasteiger partial charge < -0.3 is 15.8 Å². The van der Waals surface area contributed by atoms with Crippen molar-refractivity contribution in [2.24, 2.45) is 0 Å². The first-order valence-corrected chi connectivity index (χ1v) is 7.07. The highest BCUT2D eigenvalue weighted by Gasteiger charge is 2.09. The van der Waals surface area contributed by atoms with E-state index in [-0.39, 0.29) is 11.7 Å². The summed E-state index contributed by atoms with van der Waals surface area (Å²) in [5.41, 5.74) is 7.54. The van der Waals surface area contributed by atoms with E-state index in [1.165, 1.54) is 18.9 Å². The maximum Gasteiger partial charge on any atom is 0.321 e. The van der Waals surface area contributed by atoms with Crippen molar-refractivity contribution < 1.29 is 14.3 Å². The lowest BCUT2D eigenvalue weighted by Crippen LogP contribution is -2.41. The number of ether oxygens (including phenoxy) is 1. The fourth-order valence-electron chi connectivity index (χ4n) is 1.42. The monoisotopic (exact) mass is 297 g/mol. The number of anilines is 1. The predicted molar refractivity (Wildman–Crippen MR) is 79.7 cm³/mol. The number of carbonyl (C=O) groups excluding carboxylic acids is 2. The maximum absolute atomic E-state index is 11.6. The van der Waals surface area contributed by atoms with Gasteiger partial charge in [-0.05, 0) is 24.6 Å². The van der Waals surface area contributed by atoms with Gasteiger partial charge in [-0.2, -0.15) is 0 Å². The Morgan fingerprint density at radius 3 is 2.80 bits per heavy atom. The summed E-state index contributed by atoms with van der Waals surface area (Å²) >= 11 is 1.29. The molecule has 1 rings (SSSR count). The van der Waals surface area contributed by atoms with Crippen LogP contribution in [0.5, 0.6) is 0 Å². The van der Waals surface area contributed by atoms with Gasteiger partial charge in [0.15, 0.2) is 0 Å². The third-order valence-corrected chi connectivity index (χ3v) is 3.46. The van der Waals surface area contributed by atoms with Crippen LogP contribution in [0.3, 0.4) is 0 Å². The number of hydrogen-bond acceptors (Lipinski definition) is 5. The van der Waals surface area contributed by atoms with E-state index >= 15 is 0 Å². The summed E-state index contributed by atoms with van der Waals surface area (Å²) < 4.78 is 4.78. The largest absolute Gasteiger partial charge is 0.398 e. The summed E-state index contributed by atoms with van der Waals surface area (Å²) in [6, 6.07) is 5.11. The molecule has 0 saturated heterocycles. The smallest absolute Gasteiger partial charge is 0.321 e. The van der Waals surface area contributed by atoms with Crippen molar-refractivity contribution in [3.8, 4) is 0 Å². The van der Waals surface area contributed by atoms with E-state index < -0.39 is 6.03 Å². The molecule has 7 heteroatoms. The number of nitrogens with two attached hydrogens (primary N) is 1. The average molecular weight is 297 g/mol. The molecule has 0 atom stereocenters. The topological polar surface area (TPSA) is 93.5 Å². The number of carbonyl (C=O) groups is 2. The highest BCUT2D eigenvalue weighted by molar-refractivity contribution is 8.00. The van der Waals surface area contributed by atoms with Crippen LogP contribution in [0.15, 0.2) is 23.1 Å². The van der Waals surface area contributed by atoms with Gasteiger partial charge in [-0.25, -0.2) is 4.79 Å². The van der Waals surface area contributed by atoms with Crippen LogP contribution >= 0.6 is 11.8 Å². The summed E-state index contributed by atoms with van der Waals surface area (Å²) in [5, 5.41) is 4.74. The summed E-state index contributed by atoms with van der Waals surface area (Å²) in [4.78, 5) is 23.7. The second-order valence-corrected chi connectivity index (χ2v) is 5.14. The normalized spacial score (nSPS) is 10.1. The van der Waals surface area contributed by atoms with E-state index in [4.69, 9.17) is 10.5 Å². The number of rotatable bonds is 6. The van der Waals surface area contributed by atoms with Crippen molar-refractivity contribution in [3.05, 3.63) is 23.8 Å². The lowest BCUT2D eigenvalue weighted by Gasteiger charge is -2.07. The molecule has 0 heterocycles. The zero-order valence-corrected chi connectivity index (χ0v) is 12.4. The number of methoxy groups -OCH3 is 1. The third-order valence-electron chi connectivity index (χ3n) is 2.37. The second kappa shape index (κ2) is 8.44. The summed E-state index contributed by atoms with van der Waals surface area (Å²) in [6.45, 7) is 2.70. The number of nitrogens with one attached hydrogen (secondary N) is 2. The van der Waals surface area contributed by atoms with Gasteiger partial charge in [0.05, 0.1) is 12.4 Å². The fraction of sp³-hybridized carbons (Fsp3) is 0.385. The number of amides is 3. The van der Waals surface area contributed by atoms with Crippen molar-refractivity contribution in [2.45, 2.75) is 11.8 Å². The molecule has 3 amide bonds. The van der Waals surface area contributed by atoms with Crippen LogP contribution in [0.25, 0.3) is 0 Å². The van der Waals surface area contributed by atoms with Gasteiger partial charge >= 0.3 is 6.03 Å². The van der Waals surface area contributed by atoms with Crippen LogP contribution in [0.2, 0.25) is 0 Å². The Morgan fingerprint density at radius 1 is 1.40 bits per heavy atom. The number of aryl methyl sites for hydroxylation is 1. The summed E-state index contributed by atoms with van der Waals surface area (Å²) in [6.07, 6.45) is 0. The third kappa shape index (κ3) is 5.94. The number of hydrogen-bond donors (Lipinski definition) is 3. The van der Waals surface area contributed by atoms with Gasteiger partial charge in [0.25, 0.3) is 0 Å². The molecule has 6 nitrogen and oxygen atoms in total. The average Bonchev–Trinajstić information content (AvgIpc) is 2.38. The molecule has 0 spiro atoms. The Kier molecular flexibility index (Phi) is 6.89. The van der Waals surface area contributed by atoms with Gasteiger partial charge in [0, 0.05) is 24.2 Å².